The Bertz CT molecular complexity index is 417. The van der Waals surface area contributed by atoms with Crippen LogP contribution in [0.4, 0.5) is 5.69 Å². The summed E-state index contributed by atoms with van der Waals surface area (Å²) in [5.74, 6) is 1.64. The number of rotatable bonds is 3. The summed E-state index contributed by atoms with van der Waals surface area (Å²) in [6, 6.07) is 6.77. The Hall–Kier alpha value is -1.22. The Balaban J connectivity index is 2.44. The largest absolute Gasteiger partial charge is 0.496 e. The molecule has 0 aromatic heterocycles. The normalized spacial score (nSPS) is 25.3. The van der Waals surface area contributed by atoms with Crippen molar-refractivity contribution in [1.29, 1.82) is 0 Å². The molecule has 3 atom stereocenters. The van der Waals surface area contributed by atoms with E-state index in [9.17, 15) is 0 Å². The van der Waals surface area contributed by atoms with E-state index in [-0.39, 0.29) is 6.04 Å². The Morgan fingerprint density at radius 2 is 2.11 bits per heavy atom. The van der Waals surface area contributed by atoms with Gasteiger partial charge in [0.15, 0.2) is 0 Å². The van der Waals surface area contributed by atoms with Crippen molar-refractivity contribution in [3.8, 4) is 5.75 Å². The third kappa shape index (κ3) is 2.32. The number of hydrogen-bond donors (Lipinski definition) is 1. The minimum atomic E-state index is -0.0146. The molecule has 0 radical (unpaired) electrons. The van der Waals surface area contributed by atoms with Crippen LogP contribution < -0.4 is 15.4 Å². The zero-order valence-electron chi connectivity index (χ0n) is 11.8. The molecule has 0 bridgehead atoms. The Labute approximate surface area is 110 Å². The van der Waals surface area contributed by atoms with Gasteiger partial charge in [0.05, 0.1) is 7.11 Å². The summed E-state index contributed by atoms with van der Waals surface area (Å²) in [6.07, 6.45) is 1.25. The van der Waals surface area contributed by atoms with E-state index in [2.05, 4.69) is 30.9 Å². The second-order valence-corrected chi connectivity index (χ2v) is 5.52. The number of nitrogens with zero attached hydrogens (tertiary/aromatic N) is 1. The van der Waals surface area contributed by atoms with Gasteiger partial charge >= 0.3 is 0 Å². The first-order valence-corrected chi connectivity index (χ1v) is 6.73. The van der Waals surface area contributed by atoms with Gasteiger partial charge in [-0.25, -0.2) is 0 Å². The van der Waals surface area contributed by atoms with E-state index in [1.165, 1.54) is 12.1 Å². The van der Waals surface area contributed by atoms with Crippen LogP contribution >= 0.6 is 0 Å². The lowest BCUT2D eigenvalue weighted by atomic mass is 10.0. The summed E-state index contributed by atoms with van der Waals surface area (Å²) in [6.45, 7) is 7.72. The predicted octanol–water partition coefficient (Wildman–Crippen LogP) is 2.95. The quantitative estimate of drug-likeness (QED) is 0.893. The molecule has 1 aromatic carbocycles. The van der Waals surface area contributed by atoms with E-state index >= 15 is 0 Å². The van der Waals surface area contributed by atoms with Crippen LogP contribution in [0.5, 0.6) is 5.75 Å². The predicted molar refractivity (Wildman–Crippen MR) is 76.2 cm³/mol. The van der Waals surface area contributed by atoms with Gasteiger partial charge in [0, 0.05) is 29.9 Å². The molecule has 1 aliphatic heterocycles. The summed E-state index contributed by atoms with van der Waals surface area (Å²) in [4.78, 5) is 2.46. The highest BCUT2D eigenvalue weighted by Crippen LogP contribution is 2.37. The fourth-order valence-electron chi connectivity index (χ4n) is 3.05. The number of hydrogen-bond acceptors (Lipinski definition) is 3. The fraction of sp³-hybridized carbons (Fsp3) is 0.600. The van der Waals surface area contributed by atoms with Crippen LogP contribution in [0.25, 0.3) is 0 Å². The molecule has 0 aliphatic carbocycles. The molecule has 0 amide bonds. The van der Waals surface area contributed by atoms with Crippen molar-refractivity contribution in [2.24, 2.45) is 11.7 Å². The first-order chi connectivity index (χ1) is 8.54. The van der Waals surface area contributed by atoms with Crippen LogP contribution in [0.3, 0.4) is 0 Å². The smallest absolute Gasteiger partial charge is 0.125 e. The number of ether oxygens (including phenoxy) is 1. The third-order valence-corrected chi connectivity index (χ3v) is 3.81. The Morgan fingerprint density at radius 3 is 2.61 bits per heavy atom. The molecular weight excluding hydrogens is 224 g/mol. The van der Waals surface area contributed by atoms with E-state index in [1.807, 2.05) is 13.0 Å². The molecule has 3 nitrogen and oxygen atoms in total. The van der Waals surface area contributed by atoms with Crippen LogP contribution in [0.1, 0.15) is 38.8 Å². The monoisotopic (exact) mass is 248 g/mol. The van der Waals surface area contributed by atoms with Crippen LogP contribution in [-0.2, 0) is 0 Å². The highest BCUT2D eigenvalue weighted by Gasteiger charge is 2.29. The zero-order chi connectivity index (χ0) is 13.3. The maximum Gasteiger partial charge on any atom is 0.125 e. The highest BCUT2D eigenvalue weighted by molar-refractivity contribution is 5.61. The van der Waals surface area contributed by atoms with Crippen molar-refractivity contribution in [3.05, 3.63) is 23.8 Å². The van der Waals surface area contributed by atoms with Gasteiger partial charge in [-0.05, 0) is 38.3 Å². The molecule has 0 spiro atoms. The molecule has 1 saturated heterocycles. The van der Waals surface area contributed by atoms with Gasteiger partial charge < -0.3 is 15.4 Å². The molecule has 1 heterocycles. The maximum atomic E-state index is 6.13. The second-order valence-electron chi connectivity index (χ2n) is 5.52. The summed E-state index contributed by atoms with van der Waals surface area (Å²) >= 11 is 0. The molecule has 1 aliphatic rings. The summed E-state index contributed by atoms with van der Waals surface area (Å²) in [7, 11) is 1.71. The SMILES string of the molecule is COc1cccc(N2CC(C)CC2C)c1C(C)N. The van der Waals surface area contributed by atoms with Gasteiger partial charge in [-0.3, -0.25) is 0 Å². The van der Waals surface area contributed by atoms with Crippen LogP contribution in [0.2, 0.25) is 0 Å². The van der Waals surface area contributed by atoms with Gasteiger partial charge in [0.2, 0.25) is 0 Å². The average Bonchev–Trinajstić information content (AvgIpc) is 2.67. The summed E-state index contributed by atoms with van der Waals surface area (Å²) < 4.78 is 5.46. The van der Waals surface area contributed by atoms with Gasteiger partial charge in [-0.2, -0.15) is 0 Å². The lowest BCUT2D eigenvalue weighted by Crippen LogP contribution is -2.28. The highest BCUT2D eigenvalue weighted by atomic mass is 16.5. The molecule has 1 aromatic rings. The second kappa shape index (κ2) is 5.19. The number of anilines is 1. The number of nitrogens with two attached hydrogens (primary N) is 1. The first-order valence-electron chi connectivity index (χ1n) is 6.73. The molecule has 100 valence electrons. The summed E-state index contributed by atoms with van der Waals surface area (Å²) in [5.41, 5.74) is 8.50. The fourth-order valence-corrected chi connectivity index (χ4v) is 3.05. The molecule has 1 fully saturated rings. The van der Waals surface area contributed by atoms with E-state index < -0.39 is 0 Å². The number of benzene rings is 1. The van der Waals surface area contributed by atoms with E-state index in [0.717, 1.165) is 23.8 Å². The van der Waals surface area contributed by atoms with Crippen molar-refractivity contribution in [3.63, 3.8) is 0 Å². The van der Waals surface area contributed by atoms with Gasteiger partial charge in [0.1, 0.15) is 5.75 Å². The maximum absolute atomic E-state index is 6.13. The molecular formula is C15H24N2O. The minimum absolute atomic E-state index is 0.0146. The van der Waals surface area contributed by atoms with Gasteiger partial charge in [0.25, 0.3) is 0 Å². The third-order valence-electron chi connectivity index (χ3n) is 3.81. The van der Waals surface area contributed by atoms with E-state index in [1.54, 1.807) is 7.11 Å². The Kier molecular flexibility index (Phi) is 3.81. The number of methoxy groups -OCH3 is 1. The Morgan fingerprint density at radius 1 is 1.39 bits per heavy atom. The molecule has 2 N–H and O–H groups in total. The molecule has 3 unspecified atom stereocenters. The standard InChI is InChI=1S/C15H24N2O/c1-10-8-11(2)17(9-10)13-6-5-7-14(18-4)15(13)12(3)16/h5-7,10-12H,8-9,16H2,1-4H3. The van der Waals surface area contributed by atoms with Gasteiger partial charge in [-0.15, -0.1) is 0 Å². The minimum Gasteiger partial charge on any atom is -0.496 e. The zero-order valence-corrected chi connectivity index (χ0v) is 11.8. The lowest BCUT2D eigenvalue weighted by molar-refractivity contribution is 0.407. The van der Waals surface area contributed by atoms with Crippen molar-refractivity contribution >= 4 is 5.69 Å². The van der Waals surface area contributed by atoms with Crippen LogP contribution in [-0.4, -0.2) is 19.7 Å². The van der Waals surface area contributed by atoms with Crippen LogP contribution in [0, 0.1) is 5.92 Å². The van der Waals surface area contributed by atoms with Crippen molar-refractivity contribution in [2.75, 3.05) is 18.6 Å². The average molecular weight is 248 g/mol. The molecule has 2 rings (SSSR count). The molecule has 0 saturated carbocycles. The van der Waals surface area contributed by atoms with Crippen molar-refractivity contribution < 1.29 is 4.74 Å². The van der Waals surface area contributed by atoms with Crippen LogP contribution in [0.15, 0.2) is 18.2 Å². The van der Waals surface area contributed by atoms with E-state index in [0.29, 0.717) is 6.04 Å². The van der Waals surface area contributed by atoms with Crippen molar-refractivity contribution in [2.45, 2.75) is 39.3 Å². The summed E-state index contributed by atoms with van der Waals surface area (Å²) in [5, 5.41) is 0. The molecule has 18 heavy (non-hydrogen) atoms. The van der Waals surface area contributed by atoms with E-state index in [4.69, 9.17) is 10.5 Å². The van der Waals surface area contributed by atoms with Gasteiger partial charge in [-0.1, -0.05) is 13.0 Å². The van der Waals surface area contributed by atoms with Crippen molar-refractivity contribution in [1.82, 2.24) is 0 Å². The molecule has 3 heteroatoms. The first kappa shape index (κ1) is 13.2. The lowest BCUT2D eigenvalue weighted by Gasteiger charge is -2.28. The topological polar surface area (TPSA) is 38.5 Å².